The van der Waals surface area contributed by atoms with Crippen LogP contribution in [0.4, 0.5) is 5.69 Å². The van der Waals surface area contributed by atoms with Crippen molar-refractivity contribution in [1.82, 2.24) is 4.98 Å². The molecule has 0 bridgehead atoms. The van der Waals surface area contributed by atoms with E-state index in [4.69, 9.17) is 5.73 Å². The van der Waals surface area contributed by atoms with Crippen LogP contribution in [0, 0.1) is 6.92 Å². The van der Waals surface area contributed by atoms with Crippen molar-refractivity contribution < 1.29 is 0 Å². The van der Waals surface area contributed by atoms with Crippen molar-refractivity contribution in [2.45, 2.75) is 43.0 Å². The minimum absolute atomic E-state index is 0.194. The molecule has 0 aliphatic carbocycles. The van der Waals surface area contributed by atoms with Crippen molar-refractivity contribution in [3.8, 4) is 0 Å². The molecule has 2 aromatic rings. The van der Waals surface area contributed by atoms with Crippen LogP contribution in [0.15, 0.2) is 46.5 Å². The Kier molecular flexibility index (Phi) is 3.85. The zero-order chi connectivity index (χ0) is 14.0. The van der Waals surface area contributed by atoms with Crippen LogP contribution in [0.5, 0.6) is 0 Å². The molecule has 2 nitrogen and oxygen atoms in total. The maximum absolute atomic E-state index is 5.78. The molecule has 2 N–H and O–H groups in total. The lowest BCUT2D eigenvalue weighted by Gasteiger charge is -2.19. The van der Waals surface area contributed by atoms with Gasteiger partial charge in [-0.25, -0.2) is 4.98 Å². The molecule has 0 spiro atoms. The van der Waals surface area contributed by atoms with Gasteiger partial charge in [-0.3, -0.25) is 0 Å². The molecule has 2 rings (SSSR count). The molecule has 0 saturated heterocycles. The Bertz CT molecular complexity index is 568. The molecule has 0 unspecified atom stereocenters. The van der Waals surface area contributed by atoms with E-state index in [0.29, 0.717) is 0 Å². The summed E-state index contributed by atoms with van der Waals surface area (Å²) in [6.07, 6.45) is 1.72. The van der Waals surface area contributed by atoms with E-state index in [1.807, 2.05) is 13.0 Å². The molecule has 19 heavy (non-hydrogen) atoms. The lowest BCUT2D eigenvalue weighted by atomic mass is 9.87. The third kappa shape index (κ3) is 3.51. The first-order valence-corrected chi connectivity index (χ1v) is 7.18. The summed E-state index contributed by atoms with van der Waals surface area (Å²) in [6, 6.07) is 10.7. The Labute approximate surface area is 119 Å². The first-order chi connectivity index (χ1) is 8.86. The zero-order valence-electron chi connectivity index (χ0n) is 11.9. The third-order valence-electron chi connectivity index (χ3n) is 3.07. The fourth-order valence-electron chi connectivity index (χ4n) is 1.74. The molecule has 0 aliphatic heterocycles. The molecule has 0 saturated carbocycles. The van der Waals surface area contributed by atoms with Crippen molar-refractivity contribution in [3.63, 3.8) is 0 Å². The summed E-state index contributed by atoms with van der Waals surface area (Å²) >= 11 is 1.66. The quantitative estimate of drug-likeness (QED) is 0.879. The average molecular weight is 272 g/mol. The van der Waals surface area contributed by atoms with Crippen molar-refractivity contribution in [1.29, 1.82) is 0 Å². The van der Waals surface area contributed by atoms with Crippen molar-refractivity contribution in [2.24, 2.45) is 0 Å². The van der Waals surface area contributed by atoms with Crippen LogP contribution in [0.25, 0.3) is 0 Å². The number of pyridine rings is 1. The van der Waals surface area contributed by atoms with E-state index >= 15 is 0 Å². The summed E-state index contributed by atoms with van der Waals surface area (Å²) in [5, 5.41) is 0.982. The highest BCUT2D eigenvalue weighted by atomic mass is 32.2. The molecule has 1 aromatic carbocycles. The second kappa shape index (κ2) is 5.25. The Morgan fingerprint density at radius 1 is 1.11 bits per heavy atom. The molecular formula is C16H20N2S. The highest BCUT2D eigenvalue weighted by Gasteiger charge is 2.13. The fourth-order valence-corrected chi connectivity index (χ4v) is 2.60. The first-order valence-electron chi connectivity index (χ1n) is 6.37. The number of aryl methyl sites for hydroxylation is 1. The number of nitrogens with zero attached hydrogens (tertiary/aromatic N) is 1. The minimum Gasteiger partial charge on any atom is -0.397 e. The standard InChI is InChI=1S/C16H20N2S/c1-11-9-15(18-10-14(11)17)19-13-7-5-12(6-8-13)16(2,3)4/h5-10H,17H2,1-4H3. The Balaban J connectivity index is 2.17. The lowest BCUT2D eigenvalue weighted by Crippen LogP contribution is -2.10. The van der Waals surface area contributed by atoms with E-state index < -0.39 is 0 Å². The number of benzene rings is 1. The van der Waals surface area contributed by atoms with Gasteiger partial charge in [-0.1, -0.05) is 44.7 Å². The molecule has 0 aliphatic rings. The average Bonchev–Trinajstić information content (AvgIpc) is 2.33. The largest absolute Gasteiger partial charge is 0.397 e. The zero-order valence-corrected chi connectivity index (χ0v) is 12.7. The highest BCUT2D eigenvalue weighted by molar-refractivity contribution is 7.99. The Morgan fingerprint density at radius 2 is 1.74 bits per heavy atom. The molecule has 3 heteroatoms. The van der Waals surface area contributed by atoms with E-state index in [-0.39, 0.29) is 5.41 Å². The predicted molar refractivity (Wildman–Crippen MR) is 82.7 cm³/mol. The van der Waals surface area contributed by atoms with Gasteiger partial charge in [-0.15, -0.1) is 0 Å². The maximum atomic E-state index is 5.78. The summed E-state index contributed by atoms with van der Waals surface area (Å²) in [5.74, 6) is 0. The van der Waals surface area contributed by atoms with Crippen LogP contribution >= 0.6 is 11.8 Å². The topological polar surface area (TPSA) is 38.9 Å². The molecule has 1 heterocycles. The number of rotatable bonds is 2. The van der Waals surface area contributed by atoms with Crippen LogP contribution in [0.2, 0.25) is 0 Å². The SMILES string of the molecule is Cc1cc(Sc2ccc(C(C)(C)C)cc2)ncc1N. The number of anilines is 1. The molecule has 0 atom stereocenters. The molecule has 1 aromatic heterocycles. The van der Waals surface area contributed by atoms with Crippen molar-refractivity contribution >= 4 is 17.4 Å². The van der Waals surface area contributed by atoms with E-state index in [9.17, 15) is 0 Å². The number of nitrogens with two attached hydrogens (primary N) is 1. The molecule has 0 fully saturated rings. The second-order valence-electron chi connectivity index (χ2n) is 5.76. The van der Waals surface area contributed by atoms with E-state index in [0.717, 1.165) is 16.3 Å². The highest BCUT2D eigenvalue weighted by Crippen LogP contribution is 2.30. The fraction of sp³-hybridized carbons (Fsp3) is 0.312. The smallest absolute Gasteiger partial charge is 0.101 e. The monoisotopic (exact) mass is 272 g/mol. The van der Waals surface area contributed by atoms with E-state index in [1.54, 1.807) is 18.0 Å². The van der Waals surface area contributed by atoms with Gasteiger partial charge < -0.3 is 5.73 Å². The molecular weight excluding hydrogens is 252 g/mol. The van der Waals surface area contributed by atoms with Gasteiger partial charge in [0.2, 0.25) is 0 Å². The van der Waals surface area contributed by atoms with Gasteiger partial charge in [-0.2, -0.15) is 0 Å². The van der Waals surface area contributed by atoms with E-state index in [2.05, 4.69) is 50.0 Å². The van der Waals surface area contributed by atoms with Gasteiger partial charge in [0, 0.05) is 4.90 Å². The van der Waals surface area contributed by atoms with Gasteiger partial charge >= 0.3 is 0 Å². The van der Waals surface area contributed by atoms with Gasteiger partial charge in [0.1, 0.15) is 5.03 Å². The van der Waals surface area contributed by atoms with Gasteiger partial charge in [0.25, 0.3) is 0 Å². The predicted octanol–water partition coefficient (Wildman–Crippen LogP) is 4.42. The van der Waals surface area contributed by atoms with Crippen molar-refractivity contribution in [3.05, 3.63) is 47.7 Å². The Morgan fingerprint density at radius 3 is 2.26 bits per heavy atom. The maximum Gasteiger partial charge on any atom is 0.101 e. The van der Waals surface area contributed by atoms with Gasteiger partial charge in [-0.05, 0) is 41.7 Å². The van der Waals surface area contributed by atoms with Crippen molar-refractivity contribution in [2.75, 3.05) is 5.73 Å². The second-order valence-corrected chi connectivity index (χ2v) is 6.85. The summed E-state index contributed by atoms with van der Waals surface area (Å²) in [4.78, 5) is 5.54. The van der Waals surface area contributed by atoms with Crippen LogP contribution in [-0.4, -0.2) is 4.98 Å². The summed E-state index contributed by atoms with van der Waals surface area (Å²) in [7, 11) is 0. The van der Waals surface area contributed by atoms with Crippen LogP contribution in [0.1, 0.15) is 31.9 Å². The summed E-state index contributed by atoms with van der Waals surface area (Å²) in [6.45, 7) is 8.67. The number of nitrogen functional groups attached to an aromatic ring is 1. The molecule has 0 amide bonds. The lowest BCUT2D eigenvalue weighted by molar-refractivity contribution is 0.590. The summed E-state index contributed by atoms with van der Waals surface area (Å²) < 4.78 is 0. The number of aromatic nitrogens is 1. The molecule has 100 valence electrons. The van der Waals surface area contributed by atoms with Crippen LogP contribution in [-0.2, 0) is 5.41 Å². The number of hydrogen-bond donors (Lipinski definition) is 1. The normalized spacial score (nSPS) is 11.6. The van der Waals surface area contributed by atoms with Crippen LogP contribution < -0.4 is 5.73 Å². The molecule has 0 radical (unpaired) electrons. The Hall–Kier alpha value is -1.48. The van der Waals surface area contributed by atoms with E-state index in [1.165, 1.54) is 10.5 Å². The van der Waals surface area contributed by atoms with Gasteiger partial charge in [0.15, 0.2) is 0 Å². The first kappa shape index (κ1) is 13.9. The van der Waals surface area contributed by atoms with Gasteiger partial charge in [0.05, 0.1) is 11.9 Å². The summed E-state index contributed by atoms with van der Waals surface area (Å²) in [5.41, 5.74) is 9.13. The van der Waals surface area contributed by atoms with Crippen LogP contribution in [0.3, 0.4) is 0 Å². The minimum atomic E-state index is 0.194. The number of hydrogen-bond acceptors (Lipinski definition) is 3. The third-order valence-corrected chi connectivity index (χ3v) is 4.01.